The predicted octanol–water partition coefficient (Wildman–Crippen LogP) is 1.83. The number of methoxy groups -OCH3 is 1. The van der Waals surface area contributed by atoms with Crippen molar-refractivity contribution in [2.75, 3.05) is 26.7 Å². The van der Waals surface area contributed by atoms with Crippen LogP contribution in [0.5, 0.6) is 5.75 Å². The number of piperazine rings is 1. The van der Waals surface area contributed by atoms with Gasteiger partial charge in [-0.1, -0.05) is 12.1 Å². The molecule has 1 unspecified atom stereocenters. The molecule has 0 bridgehead atoms. The maximum atomic E-state index is 11.8. The second-order valence-corrected chi connectivity index (χ2v) is 6.22. The summed E-state index contributed by atoms with van der Waals surface area (Å²) < 4.78 is 7.30. The minimum atomic E-state index is 0.133. The van der Waals surface area contributed by atoms with Gasteiger partial charge >= 0.3 is 0 Å². The van der Waals surface area contributed by atoms with Gasteiger partial charge in [0.2, 0.25) is 5.91 Å². The lowest BCUT2D eigenvalue weighted by molar-refractivity contribution is -0.132. The van der Waals surface area contributed by atoms with Crippen LogP contribution in [-0.4, -0.2) is 52.0 Å². The summed E-state index contributed by atoms with van der Waals surface area (Å²) in [5.41, 5.74) is 2.37. The van der Waals surface area contributed by atoms with E-state index in [1.165, 1.54) is 11.3 Å². The lowest BCUT2D eigenvalue weighted by atomic mass is 10.0. The first-order valence-electron chi connectivity index (χ1n) is 8.17. The van der Waals surface area contributed by atoms with Crippen molar-refractivity contribution in [1.29, 1.82) is 0 Å². The average Bonchev–Trinajstić information content (AvgIpc) is 3.00. The minimum absolute atomic E-state index is 0.133. The smallest absolute Gasteiger partial charge is 0.219 e. The van der Waals surface area contributed by atoms with Crippen molar-refractivity contribution in [3.63, 3.8) is 0 Å². The van der Waals surface area contributed by atoms with Gasteiger partial charge in [-0.3, -0.25) is 9.69 Å². The maximum Gasteiger partial charge on any atom is 0.219 e. The Kier molecular flexibility index (Phi) is 4.85. The second kappa shape index (κ2) is 7.05. The van der Waals surface area contributed by atoms with Crippen LogP contribution in [0.4, 0.5) is 0 Å². The van der Waals surface area contributed by atoms with Gasteiger partial charge in [-0.05, 0) is 17.7 Å². The van der Waals surface area contributed by atoms with Gasteiger partial charge in [-0.15, -0.1) is 0 Å². The molecule has 0 saturated carbocycles. The van der Waals surface area contributed by atoms with E-state index in [1.54, 1.807) is 14.0 Å². The summed E-state index contributed by atoms with van der Waals surface area (Å²) in [6.07, 6.45) is 3.73. The fourth-order valence-corrected chi connectivity index (χ4v) is 3.18. The molecule has 6 heteroatoms. The molecule has 1 fully saturated rings. The number of rotatable bonds is 4. The zero-order valence-corrected chi connectivity index (χ0v) is 14.5. The van der Waals surface area contributed by atoms with E-state index in [9.17, 15) is 4.79 Å². The average molecular weight is 328 g/mol. The number of imidazole rings is 1. The molecule has 1 amide bonds. The minimum Gasteiger partial charge on any atom is -0.497 e. The first kappa shape index (κ1) is 16.5. The first-order valence-corrected chi connectivity index (χ1v) is 8.17. The molecule has 1 aliphatic heterocycles. The third-order valence-electron chi connectivity index (χ3n) is 4.72. The van der Waals surface area contributed by atoms with E-state index < -0.39 is 0 Å². The highest BCUT2D eigenvalue weighted by atomic mass is 16.5. The van der Waals surface area contributed by atoms with Crippen molar-refractivity contribution in [3.05, 3.63) is 48.0 Å². The maximum absolute atomic E-state index is 11.8. The molecular weight excluding hydrogens is 304 g/mol. The SMILES string of the molecule is COc1ccc(C2CN(C(C)=O)CCN2Cc2cncn2C)cc1. The number of hydrogen-bond donors (Lipinski definition) is 0. The Morgan fingerprint density at radius 2 is 2.04 bits per heavy atom. The molecule has 1 saturated heterocycles. The van der Waals surface area contributed by atoms with Crippen molar-refractivity contribution in [2.24, 2.45) is 7.05 Å². The largest absolute Gasteiger partial charge is 0.497 e. The standard InChI is InChI=1S/C18H24N4O2/c1-14(23)21-8-9-22(11-16-10-19-13-20(16)2)18(12-21)15-4-6-17(24-3)7-5-15/h4-7,10,13,18H,8-9,11-12H2,1-3H3. The molecule has 1 aliphatic rings. The molecule has 2 aromatic rings. The summed E-state index contributed by atoms with van der Waals surface area (Å²) >= 11 is 0. The van der Waals surface area contributed by atoms with Crippen molar-refractivity contribution in [2.45, 2.75) is 19.5 Å². The molecule has 24 heavy (non-hydrogen) atoms. The molecule has 3 rings (SSSR count). The van der Waals surface area contributed by atoms with Crippen molar-refractivity contribution >= 4 is 5.91 Å². The Morgan fingerprint density at radius 3 is 2.62 bits per heavy atom. The van der Waals surface area contributed by atoms with Crippen LogP contribution in [0, 0.1) is 0 Å². The van der Waals surface area contributed by atoms with Crippen molar-refractivity contribution in [1.82, 2.24) is 19.4 Å². The molecular formula is C18H24N4O2. The Morgan fingerprint density at radius 1 is 1.29 bits per heavy atom. The highest BCUT2D eigenvalue weighted by molar-refractivity contribution is 5.73. The predicted molar refractivity (Wildman–Crippen MR) is 91.6 cm³/mol. The highest BCUT2D eigenvalue weighted by Crippen LogP contribution is 2.28. The Balaban J connectivity index is 1.84. The molecule has 128 valence electrons. The zero-order valence-electron chi connectivity index (χ0n) is 14.5. The van der Waals surface area contributed by atoms with Crippen LogP contribution in [0.3, 0.4) is 0 Å². The zero-order chi connectivity index (χ0) is 17.1. The third kappa shape index (κ3) is 3.43. The van der Waals surface area contributed by atoms with Gasteiger partial charge in [-0.2, -0.15) is 0 Å². The van der Waals surface area contributed by atoms with Gasteiger partial charge in [-0.25, -0.2) is 4.98 Å². The van der Waals surface area contributed by atoms with Gasteiger partial charge in [0.05, 0.1) is 25.2 Å². The van der Waals surface area contributed by atoms with Crippen LogP contribution in [0.25, 0.3) is 0 Å². The fourth-order valence-electron chi connectivity index (χ4n) is 3.18. The number of aryl methyl sites for hydroxylation is 1. The van der Waals surface area contributed by atoms with E-state index >= 15 is 0 Å². The number of benzene rings is 1. The van der Waals surface area contributed by atoms with Crippen LogP contribution in [0.2, 0.25) is 0 Å². The quantitative estimate of drug-likeness (QED) is 0.859. The lowest BCUT2D eigenvalue weighted by Gasteiger charge is -2.41. The molecule has 6 nitrogen and oxygen atoms in total. The number of ether oxygens (including phenoxy) is 1. The molecule has 0 aliphatic carbocycles. The van der Waals surface area contributed by atoms with E-state index in [4.69, 9.17) is 4.74 Å². The summed E-state index contributed by atoms with van der Waals surface area (Å²) in [5.74, 6) is 0.977. The number of carbonyl (C=O) groups is 1. The summed E-state index contributed by atoms with van der Waals surface area (Å²) in [6, 6.07) is 8.30. The van der Waals surface area contributed by atoms with Crippen LogP contribution >= 0.6 is 0 Å². The lowest BCUT2D eigenvalue weighted by Crippen LogP contribution is -2.49. The van der Waals surface area contributed by atoms with Crippen LogP contribution in [-0.2, 0) is 18.4 Å². The second-order valence-electron chi connectivity index (χ2n) is 6.22. The third-order valence-corrected chi connectivity index (χ3v) is 4.72. The van der Waals surface area contributed by atoms with E-state index in [0.29, 0.717) is 6.54 Å². The van der Waals surface area contributed by atoms with Gasteiger partial charge < -0.3 is 14.2 Å². The molecule has 2 heterocycles. The molecule has 0 N–H and O–H groups in total. The number of nitrogens with zero attached hydrogens (tertiary/aromatic N) is 4. The molecule has 1 aromatic carbocycles. The van der Waals surface area contributed by atoms with Crippen LogP contribution in [0.15, 0.2) is 36.8 Å². The van der Waals surface area contributed by atoms with E-state index in [2.05, 4.69) is 22.0 Å². The van der Waals surface area contributed by atoms with Gasteiger partial charge in [0.25, 0.3) is 0 Å². The van der Waals surface area contributed by atoms with Gasteiger partial charge in [0.1, 0.15) is 5.75 Å². The van der Waals surface area contributed by atoms with Crippen LogP contribution < -0.4 is 4.74 Å². The summed E-state index contributed by atoms with van der Waals surface area (Å²) in [5, 5.41) is 0. The summed E-state index contributed by atoms with van der Waals surface area (Å²) in [7, 11) is 3.68. The normalized spacial score (nSPS) is 18.6. The van der Waals surface area contributed by atoms with E-state index in [1.807, 2.05) is 41.2 Å². The van der Waals surface area contributed by atoms with Crippen molar-refractivity contribution < 1.29 is 9.53 Å². The Labute approximate surface area is 142 Å². The monoisotopic (exact) mass is 328 g/mol. The first-order chi connectivity index (χ1) is 11.6. The van der Waals surface area contributed by atoms with E-state index in [-0.39, 0.29) is 11.9 Å². The number of carbonyl (C=O) groups excluding carboxylic acids is 1. The number of hydrogen-bond acceptors (Lipinski definition) is 4. The Hall–Kier alpha value is -2.34. The molecule has 0 radical (unpaired) electrons. The fraction of sp³-hybridized carbons (Fsp3) is 0.444. The summed E-state index contributed by atoms with van der Waals surface area (Å²) in [4.78, 5) is 20.4. The molecule has 1 aromatic heterocycles. The molecule has 1 atom stereocenters. The van der Waals surface area contributed by atoms with Crippen LogP contribution in [0.1, 0.15) is 24.2 Å². The number of aromatic nitrogens is 2. The molecule has 0 spiro atoms. The van der Waals surface area contributed by atoms with Gasteiger partial charge in [0, 0.05) is 46.3 Å². The summed E-state index contributed by atoms with van der Waals surface area (Å²) in [6.45, 7) is 4.78. The highest BCUT2D eigenvalue weighted by Gasteiger charge is 2.29. The van der Waals surface area contributed by atoms with E-state index in [0.717, 1.165) is 25.4 Å². The van der Waals surface area contributed by atoms with Gasteiger partial charge in [0.15, 0.2) is 0 Å². The topological polar surface area (TPSA) is 50.6 Å². The Bertz CT molecular complexity index is 695. The van der Waals surface area contributed by atoms with Crippen molar-refractivity contribution in [3.8, 4) is 5.75 Å². The number of amides is 1.